The minimum Gasteiger partial charge on any atom is -0.391 e. The van der Waals surface area contributed by atoms with E-state index in [0.29, 0.717) is 17.5 Å². The molecule has 24 heavy (non-hydrogen) atoms. The summed E-state index contributed by atoms with van der Waals surface area (Å²) >= 11 is 0. The van der Waals surface area contributed by atoms with Gasteiger partial charge >= 0.3 is 0 Å². The van der Waals surface area contributed by atoms with Crippen molar-refractivity contribution in [2.75, 3.05) is 25.5 Å². The van der Waals surface area contributed by atoms with E-state index in [9.17, 15) is 14.3 Å². The van der Waals surface area contributed by atoms with E-state index in [-0.39, 0.29) is 24.3 Å². The lowest BCUT2D eigenvalue weighted by Crippen LogP contribution is -2.32. The third-order valence-corrected chi connectivity index (χ3v) is 4.23. The fraction of sp³-hybridized carbons (Fsp3) is 0.333. The number of aliphatic hydroxyl groups is 1. The maximum Gasteiger partial charge on any atom is 0.256 e. The molecule has 1 aromatic heterocycles. The number of hydrogen-bond acceptors (Lipinski definition) is 4. The Labute approximate surface area is 140 Å². The Morgan fingerprint density at radius 2 is 2.12 bits per heavy atom. The number of benzene rings is 1. The first-order valence-corrected chi connectivity index (χ1v) is 7.83. The lowest BCUT2D eigenvalue weighted by Gasteiger charge is -2.25. The Balaban J connectivity index is 1.86. The van der Waals surface area contributed by atoms with Crippen molar-refractivity contribution >= 4 is 11.7 Å². The number of pyridine rings is 1. The lowest BCUT2D eigenvalue weighted by molar-refractivity contribution is 0.0715. The zero-order valence-corrected chi connectivity index (χ0v) is 13.7. The van der Waals surface area contributed by atoms with Gasteiger partial charge in [0, 0.05) is 26.8 Å². The molecular formula is C18H20FN3O2. The largest absolute Gasteiger partial charge is 0.391 e. The molecule has 0 saturated carbocycles. The zero-order chi connectivity index (χ0) is 17.3. The molecule has 0 aliphatic carbocycles. The number of carbonyl (C=O) groups excluding carboxylic acids is 1. The minimum atomic E-state index is -0.615. The van der Waals surface area contributed by atoms with Gasteiger partial charge in [0.05, 0.1) is 17.7 Å². The highest BCUT2D eigenvalue weighted by Crippen LogP contribution is 2.33. The highest BCUT2D eigenvalue weighted by Gasteiger charge is 2.36. The van der Waals surface area contributed by atoms with Crippen molar-refractivity contribution in [1.29, 1.82) is 0 Å². The van der Waals surface area contributed by atoms with Crippen LogP contribution in [0.1, 0.15) is 28.4 Å². The van der Waals surface area contributed by atoms with E-state index in [1.54, 1.807) is 29.2 Å². The van der Waals surface area contributed by atoms with Crippen molar-refractivity contribution in [2.24, 2.45) is 0 Å². The minimum absolute atomic E-state index is 0.210. The number of nitrogens with zero attached hydrogens (tertiary/aromatic N) is 3. The molecule has 126 valence electrons. The van der Waals surface area contributed by atoms with E-state index in [1.807, 2.05) is 19.0 Å². The number of aromatic nitrogens is 1. The van der Waals surface area contributed by atoms with Gasteiger partial charge in [-0.05, 0) is 36.2 Å². The molecule has 0 bridgehead atoms. The maximum atomic E-state index is 13.5. The number of hydrogen-bond donors (Lipinski definition) is 1. The molecular weight excluding hydrogens is 309 g/mol. The number of likely N-dealkylation sites (tertiary alicyclic amines) is 1. The number of β-amino-alcohol motifs (C(OH)–C–C–N with tert-alkyl or cyclic N) is 1. The van der Waals surface area contributed by atoms with Crippen LogP contribution < -0.4 is 4.90 Å². The summed E-state index contributed by atoms with van der Waals surface area (Å²) in [5.41, 5.74) is 1.15. The fourth-order valence-corrected chi connectivity index (χ4v) is 3.01. The highest BCUT2D eigenvalue weighted by atomic mass is 19.1. The van der Waals surface area contributed by atoms with Gasteiger partial charge in [-0.15, -0.1) is 0 Å². The predicted octanol–water partition coefficient (Wildman–Crippen LogP) is 2.23. The van der Waals surface area contributed by atoms with Crippen molar-refractivity contribution < 1.29 is 14.3 Å². The van der Waals surface area contributed by atoms with Gasteiger partial charge in [0.15, 0.2) is 0 Å². The summed E-state index contributed by atoms with van der Waals surface area (Å²) in [5.74, 6) is 0.201. The summed E-state index contributed by atoms with van der Waals surface area (Å²) in [7, 11) is 3.75. The monoisotopic (exact) mass is 329 g/mol. The molecule has 0 unspecified atom stereocenters. The maximum absolute atomic E-state index is 13.5. The van der Waals surface area contributed by atoms with E-state index in [1.165, 1.54) is 18.3 Å². The van der Waals surface area contributed by atoms with Gasteiger partial charge in [-0.25, -0.2) is 9.37 Å². The third kappa shape index (κ3) is 3.23. The Morgan fingerprint density at radius 1 is 1.33 bits per heavy atom. The number of halogens is 1. The van der Waals surface area contributed by atoms with Crippen LogP contribution in [0.2, 0.25) is 0 Å². The summed E-state index contributed by atoms with van der Waals surface area (Å²) in [6, 6.07) is 9.33. The number of aliphatic hydroxyl groups excluding tert-OH is 1. The Bertz CT molecular complexity index is 733. The van der Waals surface area contributed by atoms with E-state index in [0.717, 1.165) is 5.82 Å². The normalized spacial score (nSPS) is 20.2. The van der Waals surface area contributed by atoms with Crippen LogP contribution >= 0.6 is 0 Å². The van der Waals surface area contributed by atoms with Crippen LogP contribution in [-0.2, 0) is 0 Å². The third-order valence-electron chi connectivity index (χ3n) is 4.23. The molecule has 0 spiro atoms. The quantitative estimate of drug-likeness (QED) is 0.938. The molecule has 2 atom stereocenters. The molecule has 2 heterocycles. The van der Waals surface area contributed by atoms with E-state index in [4.69, 9.17) is 0 Å². The SMILES string of the molecule is CN(C)c1ccc(C(=O)N2C[C@H](O)C[C@@H]2c2cccc(F)c2)cn1. The van der Waals surface area contributed by atoms with Crippen molar-refractivity contribution in [3.8, 4) is 0 Å². The molecule has 1 aliphatic heterocycles. The molecule has 3 rings (SSSR count). The van der Waals surface area contributed by atoms with Crippen LogP contribution in [0.5, 0.6) is 0 Å². The molecule has 1 aromatic carbocycles. The van der Waals surface area contributed by atoms with Crippen LogP contribution in [0.4, 0.5) is 10.2 Å². The summed E-state index contributed by atoms with van der Waals surface area (Å²) in [6.07, 6.45) is 1.32. The van der Waals surface area contributed by atoms with Gasteiger partial charge < -0.3 is 14.9 Å². The molecule has 6 heteroatoms. The molecule has 5 nitrogen and oxygen atoms in total. The lowest BCUT2D eigenvalue weighted by atomic mass is 10.0. The molecule has 1 fully saturated rings. The van der Waals surface area contributed by atoms with Crippen LogP contribution in [0, 0.1) is 5.82 Å². The van der Waals surface area contributed by atoms with Crippen molar-refractivity contribution in [1.82, 2.24) is 9.88 Å². The number of anilines is 1. The van der Waals surface area contributed by atoms with Gasteiger partial charge in [-0.3, -0.25) is 4.79 Å². The van der Waals surface area contributed by atoms with Gasteiger partial charge in [-0.1, -0.05) is 12.1 Å². The second-order valence-corrected chi connectivity index (χ2v) is 6.22. The van der Waals surface area contributed by atoms with E-state index < -0.39 is 6.10 Å². The van der Waals surface area contributed by atoms with Gasteiger partial charge in [-0.2, -0.15) is 0 Å². The van der Waals surface area contributed by atoms with Gasteiger partial charge in [0.25, 0.3) is 5.91 Å². The Kier molecular flexibility index (Phi) is 4.49. The summed E-state index contributed by atoms with van der Waals surface area (Å²) in [6.45, 7) is 0.232. The molecule has 1 amide bonds. The predicted molar refractivity (Wildman–Crippen MR) is 89.4 cm³/mol. The van der Waals surface area contributed by atoms with Crippen LogP contribution in [0.25, 0.3) is 0 Å². The summed E-state index contributed by atoms with van der Waals surface area (Å²) in [5, 5.41) is 10.0. The van der Waals surface area contributed by atoms with Gasteiger partial charge in [0.2, 0.25) is 0 Å². The van der Waals surface area contributed by atoms with E-state index >= 15 is 0 Å². The van der Waals surface area contributed by atoms with E-state index in [2.05, 4.69) is 4.98 Å². The summed E-state index contributed by atoms with van der Waals surface area (Å²) in [4.78, 5) is 20.5. The van der Waals surface area contributed by atoms with Crippen LogP contribution in [-0.4, -0.2) is 47.6 Å². The van der Waals surface area contributed by atoms with Crippen LogP contribution in [0.15, 0.2) is 42.6 Å². The standard InChI is InChI=1S/C18H20FN3O2/c1-21(2)17-7-6-13(10-20-17)18(24)22-11-15(23)9-16(22)12-4-3-5-14(19)8-12/h3-8,10,15-16,23H,9,11H2,1-2H3/t15-,16-/m1/s1. The van der Waals surface area contributed by atoms with Crippen molar-refractivity contribution in [3.05, 3.63) is 59.5 Å². The molecule has 2 aromatic rings. The fourth-order valence-electron chi connectivity index (χ4n) is 3.01. The second kappa shape index (κ2) is 6.57. The topological polar surface area (TPSA) is 56.7 Å². The van der Waals surface area contributed by atoms with Crippen LogP contribution in [0.3, 0.4) is 0 Å². The molecule has 1 saturated heterocycles. The molecule has 1 N–H and O–H groups in total. The highest BCUT2D eigenvalue weighted by molar-refractivity contribution is 5.94. The first kappa shape index (κ1) is 16.4. The van der Waals surface area contributed by atoms with Crippen molar-refractivity contribution in [3.63, 3.8) is 0 Å². The first-order valence-electron chi connectivity index (χ1n) is 7.83. The van der Waals surface area contributed by atoms with Gasteiger partial charge in [0.1, 0.15) is 11.6 Å². The molecule has 0 radical (unpaired) electrons. The smallest absolute Gasteiger partial charge is 0.256 e. The number of carbonyl (C=O) groups is 1. The number of amides is 1. The Hall–Kier alpha value is -2.47. The average Bonchev–Trinajstić information content (AvgIpc) is 2.96. The second-order valence-electron chi connectivity index (χ2n) is 6.22. The Morgan fingerprint density at radius 3 is 2.75 bits per heavy atom. The molecule has 1 aliphatic rings. The number of rotatable bonds is 3. The average molecular weight is 329 g/mol. The summed E-state index contributed by atoms with van der Waals surface area (Å²) < 4.78 is 13.5. The first-order chi connectivity index (χ1) is 11.5. The zero-order valence-electron chi connectivity index (χ0n) is 13.7. The van der Waals surface area contributed by atoms with Crippen molar-refractivity contribution in [2.45, 2.75) is 18.6 Å².